The van der Waals surface area contributed by atoms with Gasteiger partial charge in [0.15, 0.2) is 0 Å². The van der Waals surface area contributed by atoms with Crippen molar-refractivity contribution in [2.75, 3.05) is 20.6 Å². The fraction of sp³-hybridized carbons (Fsp3) is 1.00. The molecule has 0 spiro atoms. The van der Waals surface area contributed by atoms with Gasteiger partial charge in [0, 0.05) is 18.1 Å². The van der Waals surface area contributed by atoms with Gasteiger partial charge in [-0.25, -0.2) is 0 Å². The average molecular weight is 238 g/mol. The minimum absolute atomic E-state index is 0.452. The van der Waals surface area contributed by atoms with E-state index in [1.165, 1.54) is 57.9 Å². The van der Waals surface area contributed by atoms with E-state index in [9.17, 15) is 0 Å². The molecule has 0 aromatic rings. The second-order valence-electron chi connectivity index (χ2n) is 6.64. The average Bonchev–Trinajstić information content (AvgIpc) is 2.70. The fourth-order valence-corrected chi connectivity index (χ4v) is 3.49. The Morgan fingerprint density at radius 1 is 1.18 bits per heavy atom. The molecule has 100 valence electrons. The van der Waals surface area contributed by atoms with Crippen molar-refractivity contribution < 1.29 is 0 Å². The third-order valence-corrected chi connectivity index (χ3v) is 5.17. The molecule has 2 heteroatoms. The first-order valence-electron chi connectivity index (χ1n) is 7.53. The molecule has 0 aliphatic heterocycles. The summed E-state index contributed by atoms with van der Waals surface area (Å²) in [6.45, 7) is 3.56. The molecule has 2 saturated carbocycles. The molecule has 2 aliphatic carbocycles. The van der Waals surface area contributed by atoms with Crippen LogP contribution in [-0.4, -0.2) is 37.1 Å². The van der Waals surface area contributed by atoms with Crippen LogP contribution in [-0.2, 0) is 0 Å². The molecule has 0 aromatic carbocycles. The molecule has 0 saturated heterocycles. The Bertz CT molecular complexity index is 227. The quantitative estimate of drug-likeness (QED) is 0.765. The molecule has 0 amide bonds. The van der Waals surface area contributed by atoms with Crippen molar-refractivity contribution in [1.29, 1.82) is 0 Å². The first kappa shape index (κ1) is 13.4. The molecule has 2 fully saturated rings. The van der Waals surface area contributed by atoms with E-state index >= 15 is 0 Å². The highest BCUT2D eigenvalue weighted by atomic mass is 15.2. The Morgan fingerprint density at radius 2 is 1.82 bits per heavy atom. The van der Waals surface area contributed by atoms with Crippen molar-refractivity contribution in [1.82, 2.24) is 10.2 Å². The Labute approximate surface area is 107 Å². The van der Waals surface area contributed by atoms with E-state index in [0.29, 0.717) is 11.6 Å². The maximum atomic E-state index is 3.80. The summed E-state index contributed by atoms with van der Waals surface area (Å²) in [5.41, 5.74) is 0.452. The van der Waals surface area contributed by atoms with Gasteiger partial charge in [0.2, 0.25) is 0 Å². The monoisotopic (exact) mass is 238 g/mol. The van der Waals surface area contributed by atoms with Crippen LogP contribution in [0.4, 0.5) is 0 Å². The molecule has 0 heterocycles. The lowest BCUT2D eigenvalue weighted by atomic mass is 9.81. The smallest absolute Gasteiger partial charge is 0.0327 e. The van der Waals surface area contributed by atoms with Crippen LogP contribution in [0.25, 0.3) is 0 Å². The fourth-order valence-electron chi connectivity index (χ4n) is 3.49. The lowest BCUT2D eigenvalue weighted by Gasteiger charge is -2.38. The summed E-state index contributed by atoms with van der Waals surface area (Å²) in [5, 5.41) is 3.80. The molecule has 1 atom stereocenters. The van der Waals surface area contributed by atoms with Crippen molar-refractivity contribution >= 4 is 0 Å². The van der Waals surface area contributed by atoms with Crippen LogP contribution < -0.4 is 5.32 Å². The van der Waals surface area contributed by atoms with E-state index < -0.39 is 0 Å². The number of hydrogen-bond donors (Lipinski definition) is 1. The lowest BCUT2D eigenvalue weighted by Crippen LogP contribution is -2.51. The van der Waals surface area contributed by atoms with E-state index in [2.05, 4.69) is 31.2 Å². The van der Waals surface area contributed by atoms with Crippen molar-refractivity contribution in [3.05, 3.63) is 0 Å². The van der Waals surface area contributed by atoms with Crippen LogP contribution >= 0.6 is 0 Å². The number of likely N-dealkylation sites (N-methyl/N-ethyl adjacent to an activating group) is 1. The summed E-state index contributed by atoms with van der Waals surface area (Å²) in [5.74, 6) is 1.02. The third kappa shape index (κ3) is 3.23. The largest absolute Gasteiger partial charge is 0.312 e. The second kappa shape index (κ2) is 5.71. The Kier molecular flexibility index (Phi) is 4.48. The standard InChI is InChI=1S/C15H30N2/c1-13(11-14-7-6-8-14)16-12-15(17(2)3)9-4-5-10-15/h13-14,16H,4-12H2,1-3H3. The highest BCUT2D eigenvalue weighted by Gasteiger charge is 2.35. The number of nitrogens with zero attached hydrogens (tertiary/aromatic N) is 1. The summed E-state index contributed by atoms with van der Waals surface area (Å²) in [6, 6.07) is 0.706. The van der Waals surface area contributed by atoms with Gasteiger partial charge in [0.1, 0.15) is 0 Å². The molecule has 1 N–H and O–H groups in total. The zero-order chi connectivity index (χ0) is 12.3. The molecule has 0 radical (unpaired) electrons. The predicted molar refractivity (Wildman–Crippen MR) is 74.3 cm³/mol. The van der Waals surface area contributed by atoms with Crippen LogP contribution in [0.15, 0.2) is 0 Å². The molecule has 2 aliphatic rings. The van der Waals surface area contributed by atoms with Crippen molar-refractivity contribution in [3.63, 3.8) is 0 Å². The van der Waals surface area contributed by atoms with Crippen LogP contribution in [0.2, 0.25) is 0 Å². The zero-order valence-corrected chi connectivity index (χ0v) is 12.0. The van der Waals surface area contributed by atoms with Crippen molar-refractivity contribution in [2.45, 2.75) is 69.9 Å². The van der Waals surface area contributed by atoms with Gasteiger partial charge >= 0.3 is 0 Å². The van der Waals surface area contributed by atoms with Crippen LogP contribution in [0.3, 0.4) is 0 Å². The van der Waals surface area contributed by atoms with Gasteiger partial charge in [-0.05, 0) is 46.2 Å². The van der Waals surface area contributed by atoms with Gasteiger partial charge in [-0.2, -0.15) is 0 Å². The van der Waals surface area contributed by atoms with Crippen molar-refractivity contribution in [2.24, 2.45) is 5.92 Å². The third-order valence-electron chi connectivity index (χ3n) is 5.17. The maximum absolute atomic E-state index is 3.80. The highest BCUT2D eigenvalue weighted by molar-refractivity contribution is 4.95. The Balaban J connectivity index is 1.74. The Hall–Kier alpha value is -0.0800. The topological polar surface area (TPSA) is 15.3 Å². The molecule has 1 unspecified atom stereocenters. The van der Waals surface area contributed by atoms with Crippen LogP contribution in [0.5, 0.6) is 0 Å². The molecule has 2 rings (SSSR count). The van der Waals surface area contributed by atoms with Crippen molar-refractivity contribution in [3.8, 4) is 0 Å². The molecule has 17 heavy (non-hydrogen) atoms. The first-order valence-corrected chi connectivity index (χ1v) is 7.53. The van der Waals surface area contributed by atoms with Gasteiger partial charge in [-0.1, -0.05) is 32.1 Å². The summed E-state index contributed by atoms with van der Waals surface area (Å²) in [7, 11) is 4.51. The summed E-state index contributed by atoms with van der Waals surface area (Å²) >= 11 is 0. The lowest BCUT2D eigenvalue weighted by molar-refractivity contribution is 0.145. The second-order valence-corrected chi connectivity index (χ2v) is 6.64. The Morgan fingerprint density at radius 3 is 2.29 bits per heavy atom. The summed E-state index contributed by atoms with van der Waals surface area (Å²) in [6.07, 6.45) is 11.4. The number of rotatable bonds is 6. The molecular formula is C15H30N2. The summed E-state index contributed by atoms with van der Waals surface area (Å²) in [4.78, 5) is 2.46. The van der Waals surface area contributed by atoms with E-state index in [4.69, 9.17) is 0 Å². The minimum atomic E-state index is 0.452. The molecule has 0 aromatic heterocycles. The van der Waals surface area contributed by atoms with Gasteiger partial charge in [0.05, 0.1) is 0 Å². The minimum Gasteiger partial charge on any atom is -0.312 e. The van der Waals surface area contributed by atoms with Gasteiger partial charge in [-0.3, -0.25) is 0 Å². The number of hydrogen-bond acceptors (Lipinski definition) is 2. The van der Waals surface area contributed by atoms with E-state index in [-0.39, 0.29) is 0 Å². The maximum Gasteiger partial charge on any atom is 0.0327 e. The van der Waals surface area contributed by atoms with Crippen LogP contribution in [0.1, 0.15) is 58.3 Å². The SMILES string of the molecule is CC(CC1CCC1)NCC1(N(C)C)CCCC1. The molecule has 2 nitrogen and oxygen atoms in total. The molecule has 0 bridgehead atoms. The van der Waals surface area contributed by atoms with E-state index in [0.717, 1.165) is 5.92 Å². The van der Waals surface area contributed by atoms with Gasteiger partial charge < -0.3 is 10.2 Å². The summed E-state index contributed by atoms with van der Waals surface area (Å²) < 4.78 is 0. The zero-order valence-electron chi connectivity index (χ0n) is 12.0. The highest BCUT2D eigenvalue weighted by Crippen LogP contribution is 2.34. The molecular weight excluding hydrogens is 208 g/mol. The first-order chi connectivity index (χ1) is 8.12. The van der Waals surface area contributed by atoms with Gasteiger partial charge in [-0.15, -0.1) is 0 Å². The predicted octanol–water partition coefficient (Wildman–Crippen LogP) is 3.03. The van der Waals surface area contributed by atoms with Gasteiger partial charge in [0.25, 0.3) is 0 Å². The van der Waals surface area contributed by atoms with E-state index in [1.807, 2.05) is 0 Å². The number of nitrogens with one attached hydrogen (secondary N) is 1. The van der Waals surface area contributed by atoms with Crippen LogP contribution in [0, 0.1) is 5.92 Å². The van der Waals surface area contributed by atoms with E-state index in [1.54, 1.807) is 0 Å². The normalized spacial score (nSPS) is 26.1.